The quantitative estimate of drug-likeness (QED) is 0.779. The maximum atomic E-state index is 5.14. The molecule has 6 nitrogen and oxygen atoms in total. The topological polar surface area (TPSA) is 72.0 Å². The minimum Gasteiger partial charge on any atom is -0.467 e. The van der Waals surface area contributed by atoms with Crippen molar-refractivity contribution in [3.63, 3.8) is 0 Å². The summed E-state index contributed by atoms with van der Waals surface area (Å²) in [5.74, 6) is 1.06. The first-order valence-corrected chi connectivity index (χ1v) is 7.98. The van der Waals surface area contributed by atoms with Crippen LogP contribution in [0.2, 0.25) is 0 Å². The highest BCUT2D eigenvalue weighted by Gasteiger charge is 2.13. The standard InChI is InChI=1S/C14H21N5OS/c1-4-8-15-12-17-13(19-14(18-12)20-3)16-10(5-2)11-7-6-9-21-11/h6-7,9-10H,4-5,8H2,1-3H3,(H2,15,16,17,18,19). The fourth-order valence-corrected chi connectivity index (χ4v) is 2.71. The normalized spacial score (nSPS) is 12.0. The van der Waals surface area contributed by atoms with E-state index in [0.29, 0.717) is 17.9 Å². The smallest absolute Gasteiger partial charge is 0.322 e. The van der Waals surface area contributed by atoms with E-state index in [-0.39, 0.29) is 6.04 Å². The van der Waals surface area contributed by atoms with Crippen molar-refractivity contribution >= 4 is 23.2 Å². The summed E-state index contributed by atoms with van der Waals surface area (Å²) in [6, 6.07) is 4.66. The highest BCUT2D eigenvalue weighted by Crippen LogP contribution is 2.25. The molecule has 0 saturated carbocycles. The molecule has 0 spiro atoms. The van der Waals surface area contributed by atoms with Gasteiger partial charge in [0.05, 0.1) is 13.2 Å². The second-order valence-electron chi connectivity index (χ2n) is 4.52. The number of aromatic nitrogens is 3. The SMILES string of the molecule is CCCNc1nc(NC(CC)c2cccs2)nc(OC)n1. The fourth-order valence-electron chi connectivity index (χ4n) is 1.85. The molecule has 0 aromatic carbocycles. The average Bonchev–Trinajstić information content (AvgIpc) is 3.04. The second-order valence-corrected chi connectivity index (χ2v) is 5.50. The Hall–Kier alpha value is -1.89. The zero-order chi connectivity index (χ0) is 15.1. The Labute approximate surface area is 129 Å². The molecular weight excluding hydrogens is 286 g/mol. The van der Waals surface area contributed by atoms with Crippen LogP contribution in [0.25, 0.3) is 0 Å². The van der Waals surface area contributed by atoms with Gasteiger partial charge in [0.15, 0.2) is 0 Å². The van der Waals surface area contributed by atoms with Crippen LogP contribution in [0.3, 0.4) is 0 Å². The number of nitrogens with one attached hydrogen (secondary N) is 2. The first-order valence-electron chi connectivity index (χ1n) is 7.10. The van der Waals surface area contributed by atoms with Crippen molar-refractivity contribution in [3.8, 4) is 6.01 Å². The molecule has 2 rings (SSSR count). The van der Waals surface area contributed by atoms with Gasteiger partial charge in [-0.25, -0.2) is 0 Å². The Morgan fingerprint density at radius 3 is 2.67 bits per heavy atom. The van der Waals surface area contributed by atoms with Crippen LogP contribution >= 0.6 is 11.3 Å². The lowest BCUT2D eigenvalue weighted by Crippen LogP contribution is -2.14. The Bertz CT molecular complexity index is 546. The minimum atomic E-state index is 0.191. The van der Waals surface area contributed by atoms with Crippen molar-refractivity contribution in [2.24, 2.45) is 0 Å². The molecule has 0 aliphatic rings. The molecule has 2 aromatic heterocycles. The molecule has 114 valence electrons. The number of rotatable bonds is 8. The van der Waals surface area contributed by atoms with Gasteiger partial charge in [0.1, 0.15) is 0 Å². The van der Waals surface area contributed by atoms with Crippen LogP contribution in [0.15, 0.2) is 17.5 Å². The van der Waals surface area contributed by atoms with Crippen LogP contribution in [0.1, 0.15) is 37.6 Å². The van der Waals surface area contributed by atoms with Crippen molar-refractivity contribution in [2.75, 3.05) is 24.3 Å². The summed E-state index contributed by atoms with van der Waals surface area (Å²) in [5.41, 5.74) is 0. The van der Waals surface area contributed by atoms with E-state index in [9.17, 15) is 0 Å². The largest absolute Gasteiger partial charge is 0.467 e. The highest BCUT2D eigenvalue weighted by molar-refractivity contribution is 7.10. The van der Waals surface area contributed by atoms with E-state index in [1.807, 2.05) is 6.07 Å². The van der Waals surface area contributed by atoms with E-state index >= 15 is 0 Å². The molecule has 7 heteroatoms. The predicted molar refractivity (Wildman–Crippen MR) is 86.1 cm³/mol. The van der Waals surface area contributed by atoms with Crippen LogP contribution in [-0.2, 0) is 0 Å². The molecule has 0 aliphatic carbocycles. The van der Waals surface area contributed by atoms with Crippen LogP contribution < -0.4 is 15.4 Å². The first kappa shape index (κ1) is 15.5. The van der Waals surface area contributed by atoms with E-state index in [1.54, 1.807) is 18.4 Å². The van der Waals surface area contributed by atoms with Gasteiger partial charge in [-0.15, -0.1) is 11.3 Å². The molecule has 0 saturated heterocycles. The Morgan fingerprint density at radius 2 is 2.05 bits per heavy atom. The number of anilines is 2. The lowest BCUT2D eigenvalue weighted by molar-refractivity contribution is 0.379. The summed E-state index contributed by atoms with van der Waals surface area (Å²) in [5, 5.41) is 8.58. The Kier molecular flexibility index (Phi) is 5.74. The van der Waals surface area contributed by atoms with Gasteiger partial charge >= 0.3 is 6.01 Å². The van der Waals surface area contributed by atoms with E-state index in [1.165, 1.54) is 4.88 Å². The van der Waals surface area contributed by atoms with Crippen LogP contribution in [0.4, 0.5) is 11.9 Å². The van der Waals surface area contributed by atoms with E-state index in [2.05, 4.69) is 50.9 Å². The summed E-state index contributed by atoms with van der Waals surface area (Å²) >= 11 is 1.72. The molecule has 0 radical (unpaired) electrons. The molecule has 21 heavy (non-hydrogen) atoms. The van der Waals surface area contributed by atoms with Gasteiger partial charge in [-0.3, -0.25) is 0 Å². The lowest BCUT2D eigenvalue weighted by Gasteiger charge is -2.16. The van der Waals surface area contributed by atoms with Crippen molar-refractivity contribution in [1.29, 1.82) is 0 Å². The first-order chi connectivity index (χ1) is 10.3. The molecule has 0 amide bonds. The van der Waals surface area contributed by atoms with Crippen LogP contribution in [-0.4, -0.2) is 28.6 Å². The third-order valence-electron chi connectivity index (χ3n) is 2.93. The van der Waals surface area contributed by atoms with Gasteiger partial charge in [-0.1, -0.05) is 19.9 Å². The number of nitrogens with zero attached hydrogens (tertiary/aromatic N) is 3. The number of thiophene rings is 1. The number of ether oxygens (including phenoxy) is 1. The molecule has 2 N–H and O–H groups in total. The van der Waals surface area contributed by atoms with Crippen molar-refractivity contribution < 1.29 is 4.74 Å². The summed E-state index contributed by atoms with van der Waals surface area (Å²) in [4.78, 5) is 14.1. The summed E-state index contributed by atoms with van der Waals surface area (Å²) < 4.78 is 5.14. The predicted octanol–water partition coefficient (Wildman–Crippen LogP) is 3.33. The van der Waals surface area contributed by atoms with E-state index in [0.717, 1.165) is 19.4 Å². The third kappa shape index (κ3) is 4.29. The third-order valence-corrected chi connectivity index (χ3v) is 3.91. The minimum absolute atomic E-state index is 0.191. The Morgan fingerprint density at radius 1 is 1.24 bits per heavy atom. The lowest BCUT2D eigenvalue weighted by atomic mass is 10.2. The molecule has 2 heterocycles. The molecule has 0 bridgehead atoms. The van der Waals surface area contributed by atoms with Gasteiger partial charge < -0.3 is 15.4 Å². The molecule has 2 aromatic rings. The zero-order valence-corrected chi connectivity index (χ0v) is 13.4. The molecule has 1 atom stereocenters. The number of hydrogen-bond donors (Lipinski definition) is 2. The fraction of sp³-hybridized carbons (Fsp3) is 0.500. The van der Waals surface area contributed by atoms with Crippen molar-refractivity contribution in [3.05, 3.63) is 22.4 Å². The summed E-state index contributed by atoms with van der Waals surface area (Å²) in [6.07, 6.45) is 1.95. The van der Waals surface area contributed by atoms with Gasteiger partial charge in [0, 0.05) is 11.4 Å². The molecule has 0 aliphatic heterocycles. The van der Waals surface area contributed by atoms with E-state index < -0.39 is 0 Å². The maximum absolute atomic E-state index is 5.14. The summed E-state index contributed by atoms with van der Waals surface area (Å²) in [7, 11) is 1.55. The van der Waals surface area contributed by atoms with Gasteiger partial charge in [0.25, 0.3) is 0 Å². The molecular formula is C14H21N5OS. The molecule has 1 unspecified atom stereocenters. The van der Waals surface area contributed by atoms with Gasteiger partial charge in [-0.2, -0.15) is 15.0 Å². The number of methoxy groups -OCH3 is 1. The average molecular weight is 307 g/mol. The monoisotopic (exact) mass is 307 g/mol. The Balaban J connectivity index is 2.17. The zero-order valence-electron chi connectivity index (χ0n) is 12.6. The summed E-state index contributed by atoms with van der Waals surface area (Å²) in [6.45, 7) is 5.04. The molecule has 0 fully saturated rings. The maximum Gasteiger partial charge on any atom is 0.322 e. The van der Waals surface area contributed by atoms with Crippen molar-refractivity contribution in [2.45, 2.75) is 32.7 Å². The van der Waals surface area contributed by atoms with Crippen LogP contribution in [0, 0.1) is 0 Å². The van der Waals surface area contributed by atoms with Gasteiger partial charge in [0.2, 0.25) is 11.9 Å². The van der Waals surface area contributed by atoms with E-state index in [4.69, 9.17) is 4.74 Å². The second kappa shape index (κ2) is 7.78. The number of hydrogen-bond acceptors (Lipinski definition) is 7. The van der Waals surface area contributed by atoms with Crippen LogP contribution in [0.5, 0.6) is 6.01 Å². The van der Waals surface area contributed by atoms with Gasteiger partial charge in [-0.05, 0) is 24.3 Å². The highest BCUT2D eigenvalue weighted by atomic mass is 32.1. The van der Waals surface area contributed by atoms with Crippen molar-refractivity contribution in [1.82, 2.24) is 15.0 Å².